The number of aryl methyl sites for hydroxylation is 2. The maximum Gasteiger partial charge on any atom is 0.232 e. The van der Waals surface area contributed by atoms with E-state index in [-0.39, 0.29) is 29.4 Å². The van der Waals surface area contributed by atoms with Gasteiger partial charge in [-0.15, -0.1) is 0 Å². The highest BCUT2D eigenvalue weighted by Gasteiger charge is 2.43. The average Bonchev–Trinajstić information content (AvgIpc) is 3.39. The molecule has 3 heterocycles. The van der Waals surface area contributed by atoms with Gasteiger partial charge in [-0.1, -0.05) is 32.0 Å². The molecule has 1 aromatic heterocycles. The van der Waals surface area contributed by atoms with Crippen molar-refractivity contribution in [1.82, 2.24) is 4.98 Å². The molecule has 2 aliphatic rings. The summed E-state index contributed by atoms with van der Waals surface area (Å²) >= 11 is 0. The van der Waals surface area contributed by atoms with E-state index >= 15 is 0 Å². The van der Waals surface area contributed by atoms with Crippen LogP contribution in [0.5, 0.6) is 5.75 Å². The van der Waals surface area contributed by atoms with E-state index in [0.717, 1.165) is 29.7 Å². The topological polar surface area (TPSA) is 97.5 Å². The molecule has 2 aliphatic heterocycles. The van der Waals surface area contributed by atoms with E-state index in [1.165, 1.54) is 11.8 Å². The summed E-state index contributed by atoms with van der Waals surface area (Å²) in [5, 5.41) is 18.9. The second-order valence-corrected chi connectivity index (χ2v) is 10.3. The lowest BCUT2D eigenvalue weighted by atomic mass is 9.85. The monoisotopic (exact) mass is 480 g/mol. The van der Waals surface area contributed by atoms with Gasteiger partial charge in [-0.2, -0.15) is 5.26 Å². The Morgan fingerprint density at radius 2 is 1.94 bits per heavy atom. The van der Waals surface area contributed by atoms with Gasteiger partial charge in [0.2, 0.25) is 11.8 Å². The molecule has 1 atom stereocenters. The van der Waals surface area contributed by atoms with Crippen LogP contribution in [0.4, 0.5) is 11.4 Å². The number of fused-ring (bicyclic) bond motifs is 1. The number of nitrogens with zero attached hydrogens (tertiary/aromatic N) is 4. The van der Waals surface area contributed by atoms with Gasteiger partial charge in [0, 0.05) is 42.5 Å². The van der Waals surface area contributed by atoms with Crippen LogP contribution in [0.2, 0.25) is 0 Å². The van der Waals surface area contributed by atoms with Crippen LogP contribution in [0, 0.1) is 17.2 Å². The summed E-state index contributed by atoms with van der Waals surface area (Å²) in [4.78, 5) is 33.9. The van der Waals surface area contributed by atoms with Crippen LogP contribution >= 0.6 is 0 Å². The Hall–Kier alpha value is -4.18. The van der Waals surface area contributed by atoms with E-state index in [2.05, 4.69) is 37.0 Å². The summed E-state index contributed by atoms with van der Waals surface area (Å²) in [5.74, 6) is -0.395. The maximum atomic E-state index is 13.6. The van der Waals surface area contributed by atoms with Crippen LogP contribution in [0.15, 0.2) is 60.9 Å². The molecule has 36 heavy (non-hydrogen) atoms. The van der Waals surface area contributed by atoms with Crippen molar-refractivity contribution in [3.8, 4) is 11.8 Å². The standard InChI is InChI=1S/C29H28N4O3/c1-29(2)18-33(26-9-8-19(12-25(26)29)6-7-21-11-24(34)16-31-15-21)28(36)22-13-27(35)32(17-22)23-5-3-4-20(10-23)14-30/h3-5,8-12,15-16,22,34H,6-7,13,17-18H2,1-2H3/t22-/m0/s1. The summed E-state index contributed by atoms with van der Waals surface area (Å²) in [6, 6.07) is 17.0. The van der Waals surface area contributed by atoms with E-state index < -0.39 is 5.92 Å². The van der Waals surface area contributed by atoms with Gasteiger partial charge < -0.3 is 14.9 Å². The van der Waals surface area contributed by atoms with Gasteiger partial charge in [-0.3, -0.25) is 14.6 Å². The van der Waals surface area contributed by atoms with E-state index in [0.29, 0.717) is 24.3 Å². The molecule has 0 spiro atoms. The van der Waals surface area contributed by atoms with E-state index in [4.69, 9.17) is 0 Å². The molecule has 182 valence electrons. The maximum absolute atomic E-state index is 13.6. The Bertz CT molecular complexity index is 1390. The number of hydrogen-bond donors (Lipinski definition) is 1. The third-order valence-corrected chi connectivity index (χ3v) is 7.14. The van der Waals surface area contributed by atoms with Crippen LogP contribution < -0.4 is 9.80 Å². The molecule has 0 unspecified atom stereocenters. The van der Waals surface area contributed by atoms with Crippen molar-refractivity contribution in [1.29, 1.82) is 5.26 Å². The van der Waals surface area contributed by atoms with Crippen molar-refractivity contribution in [3.05, 3.63) is 83.2 Å². The van der Waals surface area contributed by atoms with Gasteiger partial charge in [-0.05, 0) is 59.9 Å². The number of carbonyl (C=O) groups is 2. The first kappa shape index (κ1) is 23.6. The van der Waals surface area contributed by atoms with E-state index in [1.807, 2.05) is 11.0 Å². The summed E-state index contributed by atoms with van der Waals surface area (Å²) in [5.41, 5.74) is 5.11. The zero-order valence-corrected chi connectivity index (χ0v) is 20.4. The summed E-state index contributed by atoms with van der Waals surface area (Å²) < 4.78 is 0. The number of aromatic nitrogens is 1. The number of rotatable bonds is 5. The van der Waals surface area contributed by atoms with Gasteiger partial charge >= 0.3 is 0 Å². The van der Waals surface area contributed by atoms with E-state index in [9.17, 15) is 20.0 Å². The minimum Gasteiger partial charge on any atom is -0.506 e. The predicted molar refractivity (Wildman–Crippen MR) is 137 cm³/mol. The third-order valence-electron chi connectivity index (χ3n) is 7.14. The molecule has 7 heteroatoms. The lowest BCUT2D eigenvalue weighted by molar-refractivity contribution is -0.124. The van der Waals surface area contributed by atoms with Crippen molar-refractivity contribution in [2.24, 2.45) is 5.92 Å². The molecule has 1 N–H and O–H groups in total. The van der Waals surface area contributed by atoms with Crippen LogP contribution in [0.3, 0.4) is 0 Å². The second-order valence-electron chi connectivity index (χ2n) is 10.3. The van der Waals surface area contributed by atoms with Crippen molar-refractivity contribution >= 4 is 23.2 Å². The first-order chi connectivity index (χ1) is 17.2. The number of benzene rings is 2. The fourth-order valence-corrected chi connectivity index (χ4v) is 5.26. The number of carbonyl (C=O) groups excluding carboxylic acids is 2. The molecule has 7 nitrogen and oxygen atoms in total. The number of hydrogen-bond acceptors (Lipinski definition) is 5. The SMILES string of the molecule is CC1(C)CN(C(=O)[C@H]2CC(=O)N(c3cccc(C#N)c3)C2)c2ccc(CCc3cncc(O)c3)cc21. The fourth-order valence-electron chi connectivity index (χ4n) is 5.26. The molecule has 2 amide bonds. The van der Waals surface area contributed by atoms with Crippen LogP contribution in [-0.4, -0.2) is 35.0 Å². The largest absolute Gasteiger partial charge is 0.506 e. The van der Waals surface area contributed by atoms with Gasteiger partial charge in [0.25, 0.3) is 0 Å². The summed E-state index contributed by atoms with van der Waals surface area (Å²) in [7, 11) is 0. The van der Waals surface area contributed by atoms with E-state index in [1.54, 1.807) is 41.4 Å². The number of nitriles is 1. The van der Waals surface area contributed by atoms with Crippen molar-refractivity contribution in [2.45, 2.75) is 38.5 Å². The Morgan fingerprint density at radius 1 is 1.14 bits per heavy atom. The molecule has 1 fully saturated rings. The number of amides is 2. The van der Waals surface area contributed by atoms with Crippen molar-refractivity contribution < 1.29 is 14.7 Å². The molecular formula is C29H28N4O3. The van der Waals surface area contributed by atoms with Crippen LogP contribution in [-0.2, 0) is 27.8 Å². The first-order valence-electron chi connectivity index (χ1n) is 12.1. The molecule has 0 aliphatic carbocycles. The van der Waals surface area contributed by atoms with Gasteiger partial charge in [0.15, 0.2) is 0 Å². The Kier molecular flexibility index (Phi) is 5.97. The average molecular weight is 481 g/mol. The number of anilines is 2. The summed E-state index contributed by atoms with van der Waals surface area (Å²) in [6.07, 6.45) is 4.91. The molecule has 1 saturated heterocycles. The quantitative estimate of drug-likeness (QED) is 0.592. The fraction of sp³-hybridized carbons (Fsp3) is 0.310. The summed E-state index contributed by atoms with van der Waals surface area (Å²) in [6.45, 7) is 5.16. The van der Waals surface area contributed by atoms with Crippen molar-refractivity contribution in [2.75, 3.05) is 22.9 Å². The third kappa shape index (κ3) is 4.42. The Balaban J connectivity index is 1.33. The smallest absolute Gasteiger partial charge is 0.232 e. The first-order valence-corrected chi connectivity index (χ1v) is 12.1. The second kappa shape index (κ2) is 9.12. The predicted octanol–water partition coefficient (Wildman–Crippen LogP) is 4.12. The highest BCUT2D eigenvalue weighted by molar-refractivity contribution is 6.05. The number of pyridine rings is 1. The Morgan fingerprint density at radius 3 is 2.72 bits per heavy atom. The lowest BCUT2D eigenvalue weighted by Gasteiger charge is -2.23. The van der Waals surface area contributed by atoms with Crippen LogP contribution in [0.1, 0.15) is 42.5 Å². The molecule has 0 bridgehead atoms. The van der Waals surface area contributed by atoms with Gasteiger partial charge in [-0.25, -0.2) is 0 Å². The highest BCUT2D eigenvalue weighted by Crippen LogP contribution is 2.42. The molecule has 5 rings (SSSR count). The lowest BCUT2D eigenvalue weighted by Crippen LogP contribution is -2.39. The molecule has 0 saturated carbocycles. The minimum atomic E-state index is -0.428. The molecular weight excluding hydrogens is 452 g/mol. The van der Waals surface area contributed by atoms with Gasteiger partial charge in [0.05, 0.1) is 23.7 Å². The minimum absolute atomic E-state index is 0.0345. The Labute approximate surface area is 210 Å². The van der Waals surface area contributed by atoms with Gasteiger partial charge in [0.1, 0.15) is 5.75 Å². The molecule has 2 aromatic carbocycles. The highest BCUT2D eigenvalue weighted by atomic mass is 16.3. The van der Waals surface area contributed by atoms with Crippen molar-refractivity contribution in [3.63, 3.8) is 0 Å². The van der Waals surface area contributed by atoms with Crippen LogP contribution in [0.25, 0.3) is 0 Å². The molecule has 3 aromatic rings. The molecule has 0 radical (unpaired) electrons. The zero-order chi connectivity index (χ0) is 25.4. The number of aromatic hydroxyl groups is 1. The zero-order valence-electron chi connectivity index (χ0n) is 20.4. The normalized spacial score (nSPS) is 18.2.